The van der Waals surface area contributed by atoms with Crippen molar-refractivity contribution in [2.45, 2.75) is 25.4 Å². The highest BCUT2D eigenvalue weighted by Gasteiger charge is 2.21. The zero-order chi connectivity index (χ0) is 16.1. The molecule has 2 aromatic carbocycles. The van der Waals surface area contributed by atoms with Crippen LogP contribution in [0.4, 0.5) is 5.69 Å². The summed E-state index contributed by atoms with van der Waals surface area (Å²) >= 11 is 5.25. The minimum atomic E-state index is -0.0985. The van der Waals surface area contributed by atoms with Crippen molar-refractivity contribution < 1.29 is 4.79 Å². The van der Waals surface area contributed by atoms with Gasteiger partial charge in [0.25, 0.3) is 5.91 Å². The molecule has 118 valence electrons. The molecule has 0 spiro atoms. The van der Waals surface area contributed by atoms with Gasteiger partial charge in [-0.1, -0.05) is 36.4 Å². The maximum absolute atomic E-state index is 12.3. The van der Waals surface area contributed by atoms with Crippen LogP contribution in [0.15, 0.2) is 54.6 Å². The molecular formula is C18H19N3OS. The first-order valence-electron chi connectivity index (χ1n) is 7.70. The highest BCUT2D eigenvalue weighted by Crippen LogP contribution is 2.19. The average molecular weight is 325 g/mol. The van der Waals surface area contributed by atoms with E-state index in [0.29, 0.717) is 23.3 Å². The SMILES string of the molecule is O=C(NCc1ccccc1)c1cccc(NC(=S)NC2CC2)c1. The molecule has 0 unspecified atom stereocenters. The smallest absolute Gasteiger partial charge is 0.251 e. The number of thiocarbonyl (C=S) groups is 1. The first kappa shape index (κ1) is 15.5. The summed E-state index contributed by atoms with van der Waals surface area (Å²) in [4.78, 5) is 12.3. The first-order valence-corrected chi connectivity index (χ1v) is 8.11. The second-order valence-corrected chi connectivity index (χ2v) is 6.03. The molecule has 3 rings (SSSR count). The van der Waals surface area contributed by atoms with E-state index in [9.17, 15) is 4.79 Å². The quantitative estimate of drug-likeness (QED) is 0.740. The molecule has 0 aliphatic heterocycles. The zero-order valence-corrected chi connectivity index (χ0v) is 13.5. The zero-order valence-electron chi connectivity index (χ0n) is 12.7. The number of anilines is 1. The van der Waals surface area contributed by atoms with Crippen LogP contribution in [-0.4, -0.2) is 17.1 Å². The molecule has 0 bridgehead atoms. The van der Waals surface area contributed by atoms with E-state index in [-0.39, 0.29) is 5.91 Å². The minimum Gasteiger partial charge on any atom is -0.360 e. The summed E-state index contributed by atoms with van der Waals surface area (Å²) in [6.07, 6.45) is 2.34. The topological polar surface area (TPSA) is 53.2 Å². The number of hydrogen-bond donors (Lipinski definition) is 3. The number of benzene rings is 2. The summed E-state index contributed by atoms with van der Waals surface area (Å²) in [6, 6.07) is 17.7. The van der Waals surface area contributed by atoms with Gasteiger partial charge in [-0.05, 0) is 48.8 Å². The third-order valence-corrected chi connectivity index (χ3v) is 3.81. The molecule has 0 radical (unpaired) electrons. The van der Waals surface area contributed by atoms with Crippen LogP contribution >= 0.6 is 12.2 Å². The lowest BCUT2D eigenvalue weighted by Crippen LogP contribution is -2.30. The Balaban J connectivity index is 1.57. The molecule has 0 aromatic heterocycles. The molecule has 1 saturated carbocycles. The molecule has 4 nitrogen and oxygen atoms in total. The maximum atomic E-state index is 12.3. The Labute approximate surface area is 141 Å². The maximum Gasteiger partial charge on any atom is 0.251 e. The highest BCUT2D eigenvalue weighted by molar-refractivity contribution is 7.80. The molecule has 3 N–H and O–H groups in total. The van der Waals surface area contributed by atoms with Crippen LogP contribution in [0.25, 0.3) is 0 Å². The molecule has 0 atom stereocenters. The van der Waals surface area contributed by atoms with Gasteiger partial charge in [0.15, 0.2) is 5.11 Å². The fourth-order valence-corrected chi connectivity index (χ4v) is 2.48. The fraction of sp³-hybridized carbons (Fsp3) is 0.222. The van der Waals surface area contributed by atoms with Gasteiger partial charge in [-0.3, -0.25) is 4.79 Å². The van der Waals surface area contributed by atoms with Crippen molar-refractivity contribution in [3.8, 4) is 0 Å². The summed E-state index contributed by atoms with van der Waals surface area (Å²) < 4.78 is 0. The third-order valence-electron chi connectivity index (χ3n) is 3.59. The van der Waals surface area contributed by atoms with Crippen molar-refractivity contribution >= 4 is 28.9 Å². The van der Waals surface area contributed by atoms with Crippen molar-refractivity contribution in [3.63, 3.8) is 0 Å². The summed E-state index contributed by atoms with van der Waals surface area (Å²) in [5, 5.41) is 9.87. The van der Waals surface area contributed by atoms with Crippen molar-refractivity contribution in [2.75, 3.05) is 5.32 Å². The Hall–Kier alpha value is -2.40. The molecule has 0 saturated heterocycles. The highest BCUT2D eigenvalue weighted by atomic mass is 32.1. The number of hydrogen-bond acceptors (Lipinski definition) is 2. The Morgan fingerprint density at radius 3 is 2.61 bits per heavy atom. The van der Waals surface area contributed by atoms with Gasteiger partial charge in [0.05, 0.1) is 0 Å². The average Bonchev–Trinajstić information content (AvgIpc) is 3.37. The molecule has 1 aliphatic carbocycles. The van der Waals surface area contributed by atoms with Crippen LogP contribution in [0.5, 0.6) is 0 Å². The molecule has 5 heteroatoms. The van der Waals surface area contributed by atoms with Crippen molar-refractivity contribution in [2.24, 2.45) is 0 Å². The normalized spacial score (nSPS) is 13.2. The Kier molecular flexibility index (Phi) is 4.88. The monoisotopic (exact) mass is 325 g/mol. The van der Waals surface area contributed by atoms with E-state index >= 15 is 0 Å². The van der Waals surface area contributed by atoms with Gasteiger partial charge >= 0.3 is 0 Å². The van der Waals surface area contributed by atoms with Gasteiger partial charge < -0.3 is 16.0 Å². The van der Waals surface area contributed by atoms with Crippen molar-refractivity contribution in [1.29, 1.82) is 0 Å². The fourth-order valence-electron chi connectivity index (χ4n) is 2.20. The van der Waals surface area contributed by atoms with Gasteiger partial charge in [0.1, 0.15) is 0 Å². The number of amides is 1. The summed E-state index contributed by atoms with van der Waals surface area (Å²) in [6.45, 7) is 0.513. The van der Waals surface area contributed by atoms with Crippen LogP contribution in [-0.2, 0) is 6.54 Å². The molecule has 1 amide bonds. The Bertz CT molecular complexity index is 698. The largest absolute Gasteiger partial charge is 0.360 e. The lowest BCUT2D eigenvalue weighted by molar-refractivity contribution is 0.0951. The van der Waals surface area contributed by atoms with Crippen molar-refractivity contribution in [3.05, 3.63) is 65.7 Å². The summed E-state index contributed by atoms with van der Waals surface area (Å²) in [5.74, 6) is -0.0985. The van der Waals surface area contributed by atoms with Crippen LogP contribution < -0.4 is 16.0 Å². The Morgan fingerprint density at radius 2 is 1.87 bits per heavy atom. The lowest BCUT2D eigenvalue weighted by Gasteiger charge is -2.11. The van der Waals surface area contributed by atoms with Crippen LogP contribution in [0.1, 0.15) is 28.8 Å². The summed E-state index contributed by atoms with van der Waals surface area (Å²) in [7, 11) is 0. The number of carbonyl (C=O) groups excluding carboxylic acids is 1. The lowest BCUT2D eigenvalue weighted by atomic mass is 10.1. The molecule has 2 aromatic rings. The van der Waals surface area contributed by atoms with Crippen LogP contribution in [0, 0.1) is 0 Å². The molecule has 23 heavy (non-hydrogen) atoms. The van der Waals surface area contributed by atoms with E-state index < -0.39 is 0 Å². The second kappa shape index (κ2) is 7.24. The second-order valence-electron chi connectivity index (χ2n) is 5.62. The van der Waals surface area contributed by atoms with E-state index in [4.69, 9.17) is 12.2 Å². The van der Waals surface area contributed by atoms with Crippen LogP contribution in [0.2, 0.25) is 0 Å². The number of rotatable bonds is 5. The first-order chi connectivity index (χ1) is 11.2. The van der Waals surface area contributed by atoms with Gasteiger partial charge in [-0.15, -0.1) is 0 Å². The molecule has 1 aliphatic rings. The predicted octanol–water partition coefficient (Wildman–Crippen LogP) is 3.07. The van der Waals surface area contributed by atoms with E-state index in [1.54, 1.807) is 12.1 Å². The van der Waals surface area contributed by atoms with Gasteiger partial charge in [0.2, 0.25) is 0 Å². The molecular weight excluding hydrogens is 306 g/mol. The Morgan fingerprint density at radius 1 is 1.09 bits per heavy atom. The predicted molar refractivity (Wildman–Crippen MR) is 96.4 cm³/mol. The number of carbonyl (C=O) groups is 1. The minimum absolute atomic E-state index is 0.0985. The van der Waals surface area contributed by atoms with E-state index in [1.807, 2.05) is 42.5 Å². The number of nitrogens with one attached hydrogen (secondary N) is 3. The molecule has 0 heterocycles. The molecule has 1 fully saturated rings. The summed E-state index contributed by atoms with van der Waals surface area (Å²) in [5.41, 5.74) is 2.50. The standard InChI is InChI=1S/C18H19N3OS/c22-17(19-12-13-5-2-1-3-6-13)14-7-4-8-16(11-14)21-18(23)20-15-9-10-15/h1-8,11,15H,9-10,12H2,(H,19,22)(H2,20,21,23). The van der Waals surface area contributed by atoms with Gasteiger partial charge in [-0.25, -0.2) is 0 Å². The van der Waals surface area contributed by atoms with E-state index in [0.717, 1.165) is 11.3 Å². The van der Waals surface area contributed by atoms with Crippen molar-refractivity contribution in [1.82, 2.24) is 10.6 Å². The van der Waals surface area contributed by atoms with E-state index in [2.05, 4.69) is 16.0 Å². The van der Waals surface area contributed by atoms with Gasteiger partial charge in [0, 0.05) is 23.8 Å². The van der Waals surface area contributed by atoms with Gasteiger partial charge in [-0.2, -0.15) is 0 Å². The van der Waals surface area contributed by atoms with Crippen LogP contribution in [0.3, 0.4) is 0 Å². The van der Waals surface area contributed by atoms with E-state index in [1.165, 1.54) is 12.8 Å². The third kappa shape index (κ3) is 4.79.